The number of hydrogen-bond acceptors (Lipinski definition) is 6. The third kappa shape index (κ3) is 4.92. The zero-order valence-corrected chi connectivity index (χ0v) is 20.4. The predicted octanol–water partition coefficient (Wildman–Crippen LogP) is 5.02. The van der Waals surface area contributed by atoms with Gasteiger partial charge in [0.15, 0.2) is 11.0 Å². The number of benzene rings is 3. The van der Waals surface area contributed by atoms with Crippen LogP contribution in [0.15, 0.2) is 78.0 Å². The standard InChI is InChI=1S/C26H26N4O3S/c1-18-9-11-20(12-10-18)30-25(22-7-5-6-8-23(22)33-4)27-28-26(30)34-17-24(31)29(2)19-13-15-21(32-3)16-14-19/h5-16H,17H2,1-4H3. The lowest BCUT2D eigenvalue weighted by Crippen LogP contribution is -2.28. The number of thioether (sulfide) groups is 1. The van der Waals surface area contributed by atoms with E-state index < -0.39 is 0 Å². The Hall–Kier alpha value is -3.78. The number of para-hydroxylation sites is 1. The van der Waals surface area contributed by atoms with E-state index in [0.717, 1.165) is 28.3 Å². The van der Waals surface area contributed by atoms with Gasteiger partial charge >= 0.3 is 0 Å². The second-order valence-electron chi connectivity index (χ2n) is 7.62. The SMILES string of the molecule is COc1ccc(N(C)C(=O)CSc2nnc(-c3ccccc3OC)n2-c2ccc(C)cc2)cc1. The highest BCUT2D eigenvalue weighted by Crippen LogP contribution is 2.33. The number of aryl methyl sites for hydroxylation is 1. The Kier molecular flexibility index (Phi) is 7.18. The minimum absolute atomic E-state index is 0.0486. The molecule has 0 fully saturated rings. The molecule has 0 unspecified atom stereocenters. The number of anilines is 1. The molecule has 0 aliphatic carbocycles. The maximum atomic E-state index is 12.9. The molecule has 0 radical (unpaired) electrons. The van der Waals surface area contributed by atoms with Gasteiger partial charge in [-0.25, -0.2) is 0 Å². The molecule has 4 aromatic rings. The average Bonchev–Trinajstić information content (AvgIpc) is 3.31. The summed E-state index contributed by atoms with van der Waals surface area (Å²) in [5, 5.41) is 9.52. The summed E-state index contributed by atoms with van der Waals surface area (Å²) < 4.78 is 12.7. The fourth-order valence-corrected chi connectivity index (χ4v) is 4.33. The number of carbonyl (C=O) groups excluding carboxylic acids is 1. The van der Waals surface area contributed by atoms with Crippen LogP contribution in [0.3, 0.4) is 0 Å². The van der Waals surface area contributed by atoms with Crippen LogP contribution in [-0.2, 0) is 4.79 Å². The van der Waals surface area contributed by atoms with Crippen molar-refractivity contribution in [2.24, 2.45) is 0 Å². The van der Waals surface area contributed by atoms with E-state index in [2.05, 4.69) is 10.2 Å². The first kappa shape index (κ1) is 23.4. The summed E-state index contributed by atoms with van der Waals surface area (Å²) in [5.74, 6) is 2.26. The van der Waals surface area contributed by atoms with Gasteiger partial charge in [-0.3, -0.25) is 9.36 Å². The molecule has 8 heteroatoms. The molecule has 0 saturated heterocycles. The fraction of sp³-hybridized carbons (Fsp3) is 0.192. The molecule has 3 aromatic carbocycles. The van der Waals surface area contributed by atoms with Crippen LogP contribution < -0.4 is 14.4 Å². The highest BCUT2D eigenvalue weighted by atomic mass is 32.2. The number of hydrogen-bond donors (Lipinski definition) is 0. The van der Waals surface area contributed by atoms with Gasteiger partial charge in [-0.1, -0.05) is 41.6 Å². The van der Waals surface area contributed by atoms with Crippen molar-refractivity contribution < 1.29 is 14.3 Å². The van der Waals surface area contributed by atoms with E-state index in [9.17, 15) is 4.79 Å². The van der Waals surface area contributed by atoms with Gasteiger partial charge in [-0.05, 0) is 55.5 Å². The molecule has 34 heavy (non-hydrogen) atoms. The molecule has 4 rings (SSSR count). The Morgan fingerprint density at radius 3 is 2.32 bits per heavy atom. The van der Waals surface area contributed by atoms with E-state index in [-0.39, 0.29) is 11.7 Å². The van der Waals surface area contributed by atoms with Crippen LogP contribution in [0.4, 0.5) is 5.69 Å². The Morgan fingerprint density at radius 1 is 0.941 bits per heavy atom. The third-order valence-corrected chi connectivity index (χ3v) is 6.35. The summed E-state index contributed by atoms with van der Waals surface area (Å²) in [6.07, 6.45) is 0. The minimum atomic E-state index is -0.0486. The molecule has 1 aromatic heterocycles. The summed E-state index contributed by atoms with van der Waals surface area (Å²) in [4.78, 5) is 14.6. The number of ether oxygens (including phenoxy) is 2. The summed E-state index contributed by atoms with van der Waals surface area (Å²) >= 11 is 1.35. The number of rotatable bonds is 8. The first-order valence-corrected chi connectivity index (χ1v) is 11.7. The normalized spacial score (nSPS) is 10.7. The molecule has 0 N–H and O–H groups in total. The molecular formula is C26H26N4O3S. The summed E-state index contributed by atoms with van der Waals surface area (Å²) in [7, 11) is 5.01. The van der Waals surface area contributed by atoms with Gasteiger partial charge in [0.1, 0.15) is 11.5 Å². The van der Waals surface area contributed by atoms with E-state index in [1.807, 2.05) is 84.3 Å². The number of amides is 1. The molecule has 174 valence electrons. The second-order valence-corrected chi connectivity index (χ2v) is 8.56. The smallest absolute Gasteiger partial charge is 0.237 e. The Morgan fingerprint density at radius 2 is 1.65 bits per heavy atom. The average molecular weight is 475 g/mol. The van der Waals surface area contributed by atoms with Crippen LogP contribution in [0, 0.1) is 6.92 Å². The molecule has 0 atom stereocenters. The van der Waals surface area contributed by atoms with Gasteiger partial charge in [0, 0.05) is 18.4 Å². The number of nitrogens with zero attached hydrogens (tertiary/aromatic N) is 4. The summed E-state index contributed by atoms with van der Waals surface area (Å²) in [6.45, 7) is 2.04. The quantitative estimate of drug-likeness (QED) is 0.334. The van der Waals surface area contributed by atoms with Crippen molar-refractivity contribution in [3.63, 3.8) is 0 Å². The number of aromatic nitrogens is 3. The van der Waals surface area contributed by atoms with E-state index in [0.29, 0.717) is 16.7 Å². The van der Waals surface area contributed by atoms with E-state index in [1.54, 1.807) is 26.2 Å². The largest absolute Gasteiger partial charge is 0.497 e. The second kappa shape index (κ2) is 10.4. The van der Waals surface area contributed by atoms with Gasteiger partial charge in [-0.15, -0.1) is 10.2 Å². The maximum Gasteiger partial charge on any atom is 0.237 e. The Balaban J connectivity index is 1.63. The maximum absolute atomic E-state index is 12.9. The van der Waals surface area contributed by atoms with Crippen LogP contribution in [0.1, 0.15) is 5.56 Å². The summed E-state index contributed by atoms with van der Waals surface area (Å²) in [6, 6.07) is 23.2. The molecule has 0 aliphatic rings. The van der Waals surface area contributed by atoms with Crippen LogP contribution in [0.25, 0.3) is 17.1 Å². The molecular weight excluding hydrogens is 448 g/mol. The van der Waals surface area contributed by atoms with Crippen molar-refractivity contribution >= 4 is 23.4 Å². The number of carbonyl (C=O) groups is 1. The van der Waals surface area contributed by atoms with Gasteiger partial charge in [0.25, 0.3) is 0 Å². The molecule has 7 nitrogen and oxygen atoms in total. The van der Waals surface area contributed by atoms with Crippen molar-refractivity contribution in [3.05, 3.63) is 78.4 Å². The molecule has 0 aliphatic heterocycles. The molecule has 0 saturated carbocycles. The Bertz CT molecular complexity index is 1270. The van der Waals surface area contributed by atoms with Crippen molar-refractivity contribution in [1.29, 1.82) is 0 Å². The van der Waals surface area contributed by atoms with Gasteiger partial charge < -0.3 is 14.4 Å². The van der Waals surface area contributed by atoms with Gasteiger partial charge in [-0.2, -0.15) is 0 Å². The first-order chi connectivity index (χ1) is 16.5. The van der Waals surface area contributed by atoms with E-state index in [4.69, 9.17) is 9.47 Å². The lowest BCUT2D eigenvalue weighted by Gasteiger charge is -2.17. The molecule has 1 amide bonds. The monoisotopic (exact) mass is 474 g/mol. The first-order valence-electron chi connectivity index (χ1n) is 10.7. The van der Waals surface area contributed by atoms with E-state index >= 15 is 0 Å². The van der Waals surface area contributed by atoms with Crippen LogP contribution >= 0.6 is 11.8 Å². The van der Waals surface area contributed by atoms with E-state index in [1.165, 1.54) is 11.8 Å². The highest BCUT2D eigenvalue weighted by Gasteiger charge is 2.21. The molecule has 0 spiro atoms. The van der Waals surface area contributed by atoms with Crippen LogP contribution in [-0.4, -0.2) is 47.7 Å². The minimum Gasteiger partial charge on any atom is -0.497 e. The molecule has 1 heterocycles. The number of methoxy groups -OCH3 is 2. The van der Waals surface area contributed by atoms with Crippen LogP contribution in [0.2, 0.25) is 0 Å². The van der Waals surface area contributed by atoms with Crippen molar-refractivity contribution in [2.75, 3.05) is 31.9 Å². The van der Waals surface area contributed by atoms with Gasteiger partial charge in [0.05, 0.1) is 25.5 Å². The zero-order chi connectivity index (χ0) is 24.1. The lowest BCUT2D eigenvalue weighted by atomic mass is 10.1. The van der Waals surface area contributed by atoms with Crippen molar-refractivity contribution in [2.45, 2.75) is 12.1 Å². The highest BCUT2D eigenvalue weighted by molar-refractivity contribution is 7.99. The predicted molar refractivity (Wildman–Crippen MR) is 135 cm³/mol. The molecule has 0 bridgehead atoms. The fourth-order valence-electron chi connectivity index (χ4n) is 3.47. The van der Waals surface area contributed by atoms with Crippen molar-refractivity contribution in [3.8, 4) is 28.6 Å². The summed E-state index contributed by atoms with van der Waals surface area (Å²) in [5.41, 5.74) is 3.68. The lowest BCUT2D eigenvalue weighted by molar-refractivity contribution is -0.115. The zero-order valence-electron chi connectivity index (χ0n) is 19.6. The van der Waals surface area contributed by atoms with Crippen molar-refractivity contribution in [1.82, 2.24) is 14.8 Å². The van der Waals surface area contributed by atoms with Gasteiger partial charge in [0.2, 0.25) is 5.91 Å². The Labute approximate surface area is 203 Å². The topological polar surface area (TPSA) is 69.5 Å². The van der Waals surface area contributed by atoms with Crippen LogP contribution in [0.5, 0.6) is 11.5 Å². The third-order valence-electron chi connectivity index (χ3n) is 5.43.